The summed E-state index contributed by atoms with van der Waals surface area (Å²) in [6.07, 6.45) is 0.932. The summed E-state index contributed by atoms with van der Waals surface area (Å²) < 4.78 is 0. The van der Waals surface area contributed by atoms with Crippen LogP contribution in [0.3, 0.4) is 0 Å². The normalized spacial score (nSPS) is 19.2. The van der Waals surface area contributed by atoms with E-state index in [4.69, 9.17) is 0 Å². The van der Waals surface area contributed by atoms with E-state index in [1.54, 1.807) is 13.1 Å². The molecule has 1 aromatic heterocycles. The lowest BCUT2D eigenvalue weighted by Crippen LogP contribution is -2.51. The van der Waals surface area contributed by atoms with Crippen molar-refractivity contribution in [1.29, 1.82) is 0 Å². The largest absolute Gasteiger partial charge is 0.389 e. The third-order valence-electron chi connectivity index (χ3n) is 2.43. The average molecular weight is 194 g/mol. The van der Waals surface area contributed by atoms with E-state index in [0.717, 1.165) is 11.4 Å². The van der Waals surface area contributed by atoms with E-state index < -0.39 is 6.10 Å². The summed E-state index contributed by atoms with van der Waals surface area (Å²) in [4.78, 5) is 6.18. The molecule has 0 radical (unpaired) electrons. The number of aromatic nitrogens is 1. The molecule has 0 spiro atoms. The summed E-state index contributed by atoms with van der Waals surface area (Å²) in [5.74, 6) is 0.785. The SMILES string of the molecule is CC(O)c1cccnc1N1CC(O)C1. The van der Waals surface area contributed by atoms with Gasteiger partial charge in [-0.3, -0.25) is 0 Å². The van der Waals surface area contributed by atoms with Crippen LogP contribution in [0.15, 0.2) is 18.3 Å². The highest BCUT2D eigenvalue weighted by molar-refractivity contribution is 5.50. The highest BCUT2D eigenvalue weighted by Gasteiger charge is 2.27. The van der Waals surface area contributed by atoms with Gasteiger partial charge in [-0.2, -0.15) is 0 Å². The molecule has 1 aliphatic rings. The zero-order chi connectivity index (χ0) is 10.1. The van der Waals surface area contributed by atoms with E-state index in [2.05, 4.69) is 4.98 Å². The molecule has 0 aromatic carbocycles. The summed E-state index contributed by atoms with van der Waals surface area (Å²) in [7, 11) is 0. The Morgan fingerprint density at radius 1 is 1.57 bits per heavy atom. The number of hydrogen-bond donors (Lipinski definition) is 2. The molecule has 1 unspecified atom stereocenters. The molecule has 2 rings (SSSR count). The first-order valence-electron chi connectivity index (χ1n) is 4.74. The van der Waals surface area contributed by atoms with E-state index >= 15 is 0 Å². The maximum Gasteiger partial charge on any atom is 0.134 e. The fourth-order valence-electron chi connectivity index (χ4n) is 1.63. The second-order valence-corrected chi connectivity index (χ2v) is 3.65. The Labute approximate surface area is 82.8 Å². The van der Waals surface area contributed by atoms with Crippen molar-refractivity contribution < 1.29 is 10.2 Å². The van der Waals surface area contributed by atoms with Gasteiger partial charge >= 0.3 is 0 Å². The fraction of sp³-hybridized carbons (Fsp3) is 0.500. The van der Waals surface area contributed by atoms with E-state index in [-0.39, 0.29) is 6.10 Å². The first kappa shape index (κ1) is 9.43. The number of rotatable bonds is 2. The summed E-state index contributed by atoms with van der Waals surface area (Å²) in [6, 6.07) is 3.67. The molecule has 1 fully saturated rings. The first-order valence-corrected chi connectivity index (χ1v) is 4.74. The summed E-state index contributed by atoms with van der Waals surface area (Å²) in [5, 5.41) is 18.7. The molecule has 1 atom stereocenters. The van der Waals surface area contributed by atoms with Crippen LogP contribution in [0.4, 0.5) is 5.82 Å². The van der Waals surface area contributed by atoms with Crippen molar-refractivity contribution in [2.45, 2.75) is 19.1 Å². The van der Waals surface area contributed by atoms with Gasteiger partial charge in [0.1, 0.15) is 5.82 Å². The van der Waals surface area contributed by atoms with Crippen LogP contribution in [0, 0.1) is 0 Å². The van der Waals surface area contributed by atoms with Gasteiger partial charge in [0, 0.05) is 24.8 Å². The molecule has 0 aliphatic carbocycles. The zero-order valence-corrected chi connectivity index (χ0v) is 8.09. The van der Waals surface area contributed by atoms with Crippen molar-refractivity contribution >= 4 is 5.82 Å². The molecule has 0 saturated carbocycles. The van der Waals surface area contributed by atoms with Gasteiger partial charge in [0.25, 0.3) is 0 Å². The molecule has 2 N–H and O–H groups in total. The van der Waals surface area contributed by atoms with Gasteiger partial charge in [-0.15, -0.1) is 0 Å². The van der Waals surface area contributed by atoms with Crippen molar-refractivity contribution in [2.75, 3.05) is 18.0 Å². The van der Waals surface area contributed by atoms with Crippen LogP contribution in [0.2, 0.25) is 0 Å². The number of pyridine rings is 1. The second-order valence-electron chi connectivity index (χ2n) is 3.65. The lowest BCUT2D eigenvalue weighted by Gasteiger charge is -2.38. The zero-order valence-electron chi connectivity index (χ0n) is 8.09. The summed E-state index contributed by atoms with van der Waals surface area (Å²) in [6.45, 7) is 2.93. The van der Waals surface area contributed by atoms with Crippen LogP contribution in [0.25, 0.3) is 0 Å². The topological polar surface area (TPSA) is 56.6 Å². The van der Waals surface area contributed by atoms with E-state index in [9.17, 15) is 10.2 Å². The third kappa shape index (κ3) is 1.58. The monoisotopic (exact) mass is 194 g/mol. The summed E-state index contributed by atoms with van der Waals surface area (Å²) in [5.41, 5.74) is 0.819. The van der Waals surface area contributed by atoms with Gasteiger partial charge in [0.2, 0.25) is 0 Å². The van der Waals surface area contributed by atoms with E-state index in [1.807, 2.05) is 17.0 Å². The molecule has 4 nitrogen and oxygen atoms in total. The molecule has 76 valence electrons. The quantitative estimate of drug-likeness (QED) is 0.711. The molecule has 0 amide bonds. The molecule has 0 bridgehead atoms. The minimum absolute atomic E-state index is 0.251. The predicted octanol–water partition coefficient (Wildman–Crippen LogP) is 0.316. The smallest absolute Gasteiger partial charge is 0.134 e. The lowest BCUT2D eigenvalue weighted by atomic mass is 10.1. The average Bonchev–Trinajstić information content (AvgIpc) is 2.13. The van der Waals surface area contributed by atoms with Crippen LogP contribution in [-0.4, -0.2) is 34.4 Å². The van der Waals surface area contributed by atoms with Crippen LogP contribution in [0.1, 0.15) is 18.6 Å². The van der Waals surface area contributed by atoms with Gasteiger partial charge in [-0.25, -0.2) is 4.98 Å². The maximum atomic E-state index is 9.51. The van der Waals surface area contributed by atoms with Crippen LogP contribution in [-0.2, 0) is 0 Å². The van der Waals surface area contributed by atoms with Crippen molar-refractivity contribution in [3.05, 3.63) is 23.9 Å². The number of hydrogen-bond acceptors (Lipinski definition) is 4. The fourth-order valence-corrected chi connectivity index (χ4v) is 1.63. The van der Waals surface area contributed by atoms with Gasteiger partial charge < -0.3 is 15.1 Å². The Bertz CT molecular complexity index is 322. The van der Waals surface area contributed by atoms with Crippen molar-refractivity contribution in [1.82, 2.24) is 4.98 Å². The number of anilines is 1. The second kappa shape index (κ2) is 3.55. The van der Waals surface area contributed by atoms with E-state index in [1.165, 1.54) is 0 Å². The first-order chi connectivity index (χ1) is 6.68. The molecule has 1 aromatic rings. The lowest BCUT2D eigenvalue weighted by molar-refractivity contribution is 0.139. The van der Waals surface area contributed by atoms with Crippen molar-refractivity contribution in [3.63, 3.8) is 0 Å². The number of aliphatic hydroxyl groups is 2. The minimum atomic E-state index is -0.517. The van der Waals surface area contributed by atoms with Gasteiger partial charge in [0.05, 0.1) is 12.2 Å². The molecule has 2 heterocycles. The Balaban J connectivity index is 2.24. The maximum absolute atomic E-state index is 9.51. The molecule has 1 aliphatic heterocycles. The van der Waals surface area contributed by atoms with Gasteiger partial charge in [0.15, 0.2) is 0 Å². The number of β-amino-alcohol motifs (C(OH)–C–C–N with tert-alkyl or cyclic N) is 1. The molecular formula is C10H14N2O2. The standard InChI is InChI=1S/C10H14N2O2/c1-7(13)9-3-2-4-11-10(9)12-5-8(14)6-12/h2-4,7-8,13-14H,5-6H2,1H3. The van der Waals surface area contributed by atoms with Crippen molar-refractivity contribution in [3.8, 4) is 0 Å². The highest BCUT2D eigenvalue weighted by atomic mass is 16.3. The van der Waals surface area contributed by atoms with Crippen LogP contribution < -0.4 is 4.90 Å². The van der Waals surface area contributed by atoms with Crippen molar-refractivity contribution in [2.24, 2.45) is 0 Å². The van der Waals surface area contributed by atoms with Crippen LogP contribution in [0.5, 0.6) is 0 Å². The molecular weight excluding hydrogens is 180 g/mol. The Hall–Kier alpha value is -1.13. The minimum Gasteiger partial charge on any atom is -0.389 e. The van der Waals surface area contributed by atoms with Gasteiger partial charge in [-0.1, -0.05) is 6.07 Å². The molecule has 14 heavy (non-hydrogen) atoms. The summed E-state index contributed by atoms with van der Waals surface area (Å²) >= 11 is 0. The number of aliphatic hydroxyl groups excluding tert-OH is 2. The van der Waals surface area contributed by atoms with Gasteiger partial charge in [-0.05, 0) is 13.0 Å². The molecule has 1 saturated heterocycles. The van der Waals surface area contributed by atoms with E-state index in [0.29, 0.717) is 13.1 Å². The Morgan fingerprint density at radius 2 is 2.29 bits per heavy atom. The number of nitrogens with zero attached hydrogens (tertiary/aromatic N) is 2. The molecule has 4 heteroatoms. The highest BCUT2D eigenvalue weighted by Crippen LogP contribution is 2.26. The Kier molecular flexibility index (Phi) is 2.39. The third-order valence-corrected chi connectivity index (χ3v) is 2.43. The predicted molar refractivity (Wildman–Crippen MR) is 53.1 cm³/mol. The van der Waals surface area contributed by atoms with Crippen LogP contribution >= 0.6 is 0 Å². The Morgan fingerprint density at radius 3 is 2.86 bits per heavy atom.